The SMILES string of the molecule is C#CCOc1c(OC)cc(CNC2CC2)cc1OC. The van der Waals surface area contributed by atoms with Crippen LogP contribution in [0.2, 0.25) is 0 Å². The fraction of sp³-hybridized carbons (Fsp3) is 0.467. The van der Waals surface area contributed by atoms with E-state index in [1.54, 1.807) is 14.2 Å². The molecule has 0 aliphatic heterocycles. The second-order valence-electron chi connectivity index (χ2n) is 4.48. The van der Waals surface area contributed by atoms with Crippen molar-refractivity contribution in [3.63, 3.8) is 0 Å². The summed E-state index contributed by atoms with van der Waals surface area (Å²) in [6.07, 6.45) is 7.73. The zero-order valence-electron chi connectivity index (χ0n) is 11.4. The molecule has 1 aromatic carbocycles. The molecule has 0 saturated heterocycles. The summed E-state index contributed by atoms with van der Waals surface area (Å²) in [7, 11) is 3.21. The third-order valence-corrected chi connectivity index (χ3v) is 2.99. The third-order valence-electron chi connectivity index (χ3n) is 2.99. The van der Waals surface area contributed by atoms with Gasteiger partial charge in [-0.1, -0.05) is 5.92 Å². The Morgan fingerprint density at radius 2 is 1.89 bits per heavy atom. The molecule has 0 bridgehead atoms. The summed E-state index contributed by atoms with van der Waals surface area (Å²) in [5, 5.41) is 3.45. The largest absolute Gasteiger partial charge is 0.493 e. The first-order valence-corrected chi connectivity index (χ1v) is 6.33. The normalized spacial score (nSPS) is 13.7. The molecule has 4 heteroatoms. The number of rotatable bonds is 7. The molecule has 0 heterocycles. The highest BCUT2D eigenvalue weighted by Crippen LogP contribution is 2.38. The molecular weight excluding hydrogens is 242 g/mol. The Kier molecular flexibility index (Phi) is 4.53. The van der Waals surface area contributed by atoms with Crippen molar-refractivity contribution < 1.29 is 14.2 Å². The van der Waals surface area contributed by atoms with Gasteiger partial charge in [0.2, 0.25) is 5.75 Å². The van der Waals surface area contributed by atoms with Crippen LogP contribution in [0, 0.1) is 12.3 Å². The number of ether oxygens (including phenoxy) is 3. The minimum atomic E-state index is 0.187. The molecule has 19 heavy (non-hydrogen) atoms. The van der Waals surface area contributed by atoms with Crippen molar-refractivity contribution in [2.24, 2.45) is 0 Å². The van der Waals surface area contributed by atoms with Crippen LogP contribution in [0.1, 0.15) is 18.4 Å². The van der Waals surface area contributed by atoms with Gasteiger partial charge in [0.05, 0.1) is 14.2 Å². The van der Waals surface area contributed by atoms with E-state index in [9.17, 15) is 0 Å². The van der Waals surface area contributed by atoms with Crippen molar-refractivity contribution in [1.29, 1.82) is 0 Å². The molecule has 102 valence electrons. The van der Waals surface area contributed by atoms with Crippen molar-refractivity contribution in [2.75, 3.05) is 20.8 Å². The van der Waals surface area contributed by atoms with E-state index in [1.807, 2.05) is 12.1 Å². The van der Waals surface area contributed by atoms with Gasteiger partial charge in [0.1, 0.15) is 6.61 Å². The van der Waals surface area contributed by atoms with Gasteiger partial charge in [0, 0.05) is 12.6 Å². The van der Waals surface area contributed by atoms with Crippen molar-refractivity contribution in [3.05, 3.63) is 17.7 Å². The molecule has 0 aromatic heterocycles. The van der Waals surface area contributed by atoms with Crippen molar-refractivity contribution in [1.82, 2.24) is 5.32 Å². The molecule has 1 saturated carbocycles. The summed E-state index contributed by atoms with van der Waals surface area (Å²) in [5.74, 6) is 4.27. The Balaban J connectivity index is 2.19. The van der Waals surface area contributed by atoms with E-state index >= 15 is 0 Å². The van der Waals surface area contributed by atoms with E-state index in [-0.39, 0.29) is 6.61 Å². The molecule has 0 unspecified atom stereocenters. The molecule has 0 amide bonds. The smallest absolute Gasteiger partial charge is 0.204 e. The van der Waals surface area contributed by atoms with Crippen LogP contribution in [0.4, 0.5) is 0 Å². The second-order valence-corrected chi connectivity index (χ2v) is 4.48. The van der Waals surface area contributed by atoms with Crippen LogP contribution >= 0.6 is 0 Å². The van der Waals surface area contributed by atoms with Crippen LogP contribution in [0.5, 0.6) is 17.2 Å². The van der Waals surface area contributed by atoms with E-state index in [1.165, 1.54) is 12.8 Å². The van der Waals surface area contributed by atoms with Gasteiger partial charge in [0.25, 0.3) is 0 Å². The first kappa shape index (κ1) is 13.6. The Bertz CT molecular complexity index is 450. The number of hydrogen-bond acceptors (Lipinski definition) is 4. The van der Waals surface area contributed by atoms with Crippen LogP contribution in [0.3, 0.4) is 0 Å². The van der Waals surface area contributed by atoms with Gasteiger partial charge in [-0.05, 0) is 30.5 Å². The van der Waals surface area contributed by atoms with Gasteiger partial charge in [-0.15, -0.1) is 6.42 Å². The Morgan fingerprint density at radius 3 is 2.37 bits per heavy atom. The molecule has 0 atom stereocenters. The maximum atomic E-state index is 5.49. The number of hydrogen-bond donors (Lipinski definition) is 1. The molecule has 1 aromatic rings. The maximum Gasteiger partial charge on any atom is 0.204 e. The molecule has 4 nitrogen and oxygen atoms in total. The van der Waals surface area contributed by atoms with Gasteiger partial charge in [-0.3, -0.25) is 0 Å². The van der Waals surface area contributed by atoms with Crippen LogP contribution in [0.15, 0.2) is 12.1 Å². The summed E-state index contributed by atoms with van der Waals surface area (Å²) in [6.45, 7) is 0.985. The highest BCUT2D eigenvalue weighted by molar-refractivity contribution is 5.54. The molecule has 0 spiro atoms. The molecular formula is C15H19NO3. The van der Waals surface area contributed by atoms with Gasteiger partial charge in [-0.2, -0.15) is 0 Å². The summed E-state index contributed by atoms with van der Waals surface area (Å²) >= 11 is 0. The summed E-state index contributed by atoms with van der Waals surface area (Å²) in [6, 6.07) is 4.56. The highest BCUT2D eigenvalue weighted by atomic mass is 16.5. The number of terminal acetylenes is 1. The van der Waals surface area contributed by atoms with Crippen molar-refractivity contribution >= 4 is 0 Å². The molecule has 1 aliphatic rings. The number of benzene rings is 1. The van der Waals surface area contributed by atoms with E-state index in [4.69, 9.17) is 20.6 Å². The van der Waals surface area contributed by atoms with Crippen LogP contribution in [0.25, 0.3) is 0 Å². The van der Waals surface area contributed by atoms with E-state index in [0.717, 1.165) is 12.1 Å². The lowest BCUT2D eigenvalue weighted by Gasteiger charge is -2.15. The predicted molar refractivity (Wildman–Crippen MR) is 73.7 cm³/mol. The first-order valence-electron chi connectivity index (χ1n) is 6.33. The second kappa shape index (κ2) is 6.35. The number of nitrogens with one attached hydrogen (secondary N) is 1. The van der Waals surface area contributed by atoms with E-state index in [2.05, 4.69) is 11.2 Å². The average Bonchev–Trinajstić information content (AvgIpc) is 3.26. The molecule has 1 fully saturated rings. The molecule has 2 rings (SSSR count). The Morgan fingerprint density at radius 1 is 1.26 bits per heavy atom. The van der Waals surface area contributed by atoms with Gasteiger partial charge >= 0.3 is 0 Å². The predicted octanol–water partition coefficient (Wildman–Crippen LogP) is 1.97. The van der Waals surface area contributed by atoms with E-state index < -0.39 is 0 Å². The summed E-state index contributed by atoms with van der Waals surface area (Å²) in [5.41, 5.74) is 1.11. The Labute approximate surface area is 114 Å². The minimum Gasteiger partial charge on any atom is -0.493 e. The van der Waals surface area contributed by atoms with Gasteiger partial charge in [-0.25, -0.2) is 0 Å². The lowest BCUT2D eigenvalue weighted by molar-refractivity contribution is 0.304. The molecule has 1 aliphatic carbocycles. The lowest BCUT2D eigenvalue weighted by atomic mass is 10.1. The van der Waals surface area contributed by atoms with Crippen LogP contribution < -0.4 is 19.5 Å². The van der Waals surface area contributed by atoms with Gasteiger partial charge < -0.3 is 19.5 Å². The Hall–Kier alpha value is -1.86. The average molecular weight is 261 g/mol. The summed E-state index contributed by atoms with van der Waals surface area (Å²) < 4.78 is 16.2. The molecule has 1 N–H and O–H groups in total. The summed E-state index contributed by atoms with van der Waals surface area (Å²) in [4.78, 5) is 0. The fourth-order valence-electron chi connectivity index (χ4n) is 1.84. The fourth-order valence-corrected chi connectivity index (χ4v) is 1.84. The lowest BCUT2D eigenvalue weighted by Crippen LogP contribution is -2.15. The van der Waals surface area contributed by atoms with Crippen molar-refractivity contribution in [2.45, 2.75) is 25.4 Å². The number of methoxy groups -OCH3 is 2. The first-order chi connectivity index (χ1) is 9.28. The topological polar surface area (TPSA) is 39.7 Å². The zero-order valence-corrected chi connectivity index (χ0v) is 11.4. The van der Waals surface area contributed by atoms with Gasteiger partial charge in [0.15, 0.2) is 11.5 Å². The van der Waals surface area contributed by atoms with E-state index in [0.29, 0.717) is 23.3 Å². The van der Waals surface area contributed by atoms with Crippen LogP contribution in [-0.4, -0.2) is 26.9 Å². The van der Waals surface area contributed by atoms with Crippen LogP contribution in [-0.2, 0) is 6.54 Å². The molecule has 0 radical (unpaired) electrons. The maximum absolute atomic E-state index is 5.49. The zero-order chi connectivity index (χ0) is 13.7. The minimum absolute atomic E-state index is 0.187. The third kappa shape index (κ3) is 3.55. The monoisotopic (exact) mass is 261 g/mol. The highest BCUT2D eigenvalue weighted by Gasteiger charge is 2.21. The standard InChI is InChI=1S/C15H19NO3/c1-4-7-19-15-13(17-2)8-11(9-14(15)18-3)10-16-12-5-6-12/h1,8-9,12,16H,5-7,10H2,2-3H3. The van der Waals surface area contributed by atoms with Crippen molar-refractivity contribution in [3.8, 4) is 29.6 Å². The quantitative estimate of drug-likeness (QED) is 0.762.